The molecule has 0 heterocycles. The molecule has 3 heteroatoms. The van der Waals surface area contributed by atoms with Crippen LogP contribution in [-0.2, 0) is 4.79 Å². The molecule has 2 N–H and O–H groups in total. The van der Waals surface area contributed by atoms with E-state index in [9.17, 15) is 4.79 Å². The molecular weight excluding hydrogens is 248 g/mol. The number of carbonyl (C=O) groups is 1. The smallest absolute Gasteiger partial charge is 0.221 e. The van der Waals surface area contributed by atoms with Gasteiger partial charge in [-0.2, -0.15) is 0 Å². The summed E-state index contributed by atoms with van der Waals surface area (Å²) < 4.78 is 0. The van der Waals surface area contributed by atoms with E-state index in [0.29, 0.717) is 18.4 Å². The van der Waals surface area contributed by atoms with E-state index in [4.69, 9.17) is 0 Å². The van der Waals surface area contributed by atoms with Crippen LogP contribution in [0.5, 0.6) is 0 Å². The number of rotatable bonds is 7. The van der Waals surface area contributed by atoms with Crippen LogP contribution in [0.25, 0.3) is 0 Å². The molecule has 1 aliphatic carbocycles. The molecule has 1 aromatic rings. The van der Waals surface area contributed by atoms with Gasteiger partial charge in [0.1, 0.15) is 0 Å². The van der Waals surface area contributed by atoms with E-state index < -0.39 is 0 Å². The molecule has 0 bridgehead atoms. The Bertz CT molecular complexity index is 435. The normalized spacial score (nSPS) is 16.2. The summed E-state index contributed by atoms with van der Waals surface area (Å²) in [5.41, 5.74) is 2.64. The Kier molecular flexibility index (Phi) is 5.18. The highest BCUT2D eigenvalue weighted by Crippen LogP contribution is 2.19. The van der Waals surface area contributed by atoms with Gasteiger partial charge < -0.3 is 10.6 Å². The first-order valence-corrected chi connectivity index (χ1v) is 7.69. The second kappa shape index (κ2) is 6.89. The Morgan fingerprint density at radius 2 is 1.75 bits per heavy atom. The molecule has 1 unspecified atom stereocenters. The van der Waals surface area contributed by atoms with E-state index in [0.717, 1.165) is 19.4 Å². The zero-order valence-corrected chi connectivity index (χ0v) is 12.8. The fourth-order valence-electron chi connectivity index (χ4n) is 2.22. The van der Waals surface area contributed by atoms with Gasteiger partial charge in [0.05, 0.1) is 0 Å². The first-order valence-electron chi connectivity index (χ1n) is 7.69. The van der Waals surface area contributed by atoms with Crippen molar-refractivity contribution in [1.29, 1.82) is 0 Å². The van der Waals surface area contributed by atoms with Gasteiger partial charge in [0.15, 0.2) is 0 Å². The van der Waals surface area contributed by atoms with E-state index >= 15 is 0 Å². The largest absolute Gasteiger partial charge is 0.353 e. The van der Waals surface area contributed by atoms with Gasteiger partial charge in [-0.25, -0.2) is 0 Å². The summed E-state index contributed by atoms with van der Waals surface area (Å²) in [6.45, 7) is 7.28. The Hall–Kier alpha value is -1.35. The molecule has 0 saturated heterocycles. The lowest BCUT2D eigenvalue weighted by Crippen LogP contribution is -2.30. The second-order valence-corrected chi connectivity index (χ2v) is 6.09. The standard InChI is InChI=1S/C17H26N2O/c1-12(2)14-4-6-15(7-5-14)13(3)18-11-10-17(20)19-16-8-9-16/h4-7,12-13,16,18H,8-11H2,1-3H3,(H,19,20). The predicted octanol–water partition coefficient (Wildman–Crippen LogP) is 3.13. The van der Waals surface area contributed by atoms with Crippen LogP contribution >= 0.6 is 0 Å². The molecule has 20 heavy (non-hydrogen) atoms. The highest BCUT2D eigenvalue weighted by molar-refractivity contribution is 5.76. The third-order valence-corrected chi connectivity index (χ3v) is 3.85. The fourth-order valence-corrected chi connectivity index (χ4v) is 2.22. The van der Waals surface area contributed by atoms with Crippen LogP contribution in [0.15, 0.2) is 24.3 Å². The monoisotopic (exact) mass is 274 g/mol. The molecule has 110 valence electrons. The molecule has 1 amide bonds. The Morgan fingerprint density at radius 3 is 2.30 bits per heavy atom. The Balaban J connectivity index is 1.73. The predicted molar refractivity (Wildman–Crippen MR) is 82.7 cm³/mol. The minimum Gasteiger partial charge on any atom is -0.353 e. The van der Waals surface area contributed by atoms with Crippen LogP contribution in [0.3, 0.4) is 0 Å². The Labute approximate surface area is 122 Å². The van der Waals surface area contributed by atoms with Crippen molar-refractivity contribution in [3.63, 3.8) is 0 Å². The maximum atomic E-state index is 11.6. The molecule has 0 aliphatic heterocycles. The number of hydrogen-bond acceptors (Lipinski definition) is 2. The molecule has 1 atom stereocenters. The highest BCUT2D eigenvalue weighted by atomic mass is 16.1. The van der Waals surface area contributed by atoms with E-state index in [2.05, 4.69) is 55.7 Å². The number of amides is 1. The van der Waals surface area contributed by atoms with Crippen molar-refractivity contribution >= 4 is 5.91 Å². The van der Waals surface area contributed by atoms with Crippen molar-refractivity contribution in [2.45, 2.75) is 58.0 Å². The minimum absolute atomic E-state index is 0.169. The van der Waals surface area contributed by atoms with Gasteiger partial charge in [0, 0.05) is 25.0 Å². The molecule has 2 rings (SSSR count). The van der Waals surface area contributed by atoms with Crippen LogP contribution in [0.4, 0.5) is 0 Å². The topological polar surface area (TPSA) is 41.1 Å². The summed E-state index contributed by atoms with van der Waals surface area (Å²) in [5, 5.41) is 6.42. The van der Waals surface area contributed by atoms with E-state index in [1.165, 1.54) is 11.1 Å². The zero-order valence-electron chi connectivity index (χ0n) is 12.8. The molecular formula is C17H26N2O. The lowest BCUT2D eigenvalue weighted by atomic mass is 9.99. The third kappa shape index (κ3) is 4.64. The molecule has 0 radical (unpaired) electrons. The van der Waals surface area contributed by atoms with E-state index in [-0.39, 0.29) is 11.9 Å². The van der Waals surface area contributed by atoms with Gasteiger partial charge >= 0.3 is 0 Å². The van der Waals surface area contributed by atoms with Gasteiger partial charge in [-0.05, 0) is 36.8 Å². The maximum Gasteiger partial charge on any atom is 0.221 e. The molecule has 1 fully saturated rings. The van der Waals surface area contributed by atoms with Crippen LogP contribution in [0.2, 0.25) is 0 Å². The van der Waals surface area contributed by atoms with Crippen molar-refractivity contribution < 1.29 is 4.79 Å². The number of benzene rings is 1. The summed E-state index contributed by atoms with van der Waals surface area (Å²) in [6.07, 6.45) is 2.86. The average Bonchev–Trinajstić information content (AvgIpc) is 3.22. The molecule has 1 aliphatic rings. The molecule has 0 aromatic heterocycles. The number of nitrogens with one attached hydrogen (secondary N) is 2. The van der Waals surface area contributed by atoms with Gasteiger partial charge in [-0.15, -0.1) is 0 Å². The van der Waals surface area contributed by atoms with Crippen LogP contribution in [0.1, 0.15) is 63.1 Å². The lowest BCUT2D eigenvalue weighted by Gasteiger charge is -2.15. The summed E-state index contributed by atoms with van der Waals surface area (Å²) >= 11 is 0. The first kappa shape index (κ1) is 15.0. The van der Waals surface area contributed by atoms with E-state index in [1.807, 2.05) is 0 Å². The minimum atomic E-state index is 0.169. The zero-order chi connectivity index (χ0) is 14.5. The molecule has 0 spiro atoms. The van der Waals surface area contributed by atoms with Crippen molar-refractivity contribution in [2.24, 2.45) is 0 Å². The van der Waals surface area contributed by atoms with Crippen LogP contribution in [0, 0.1) is 0 Å². The fraction of sp³-hybridized carbons (Fsp3) is 0.588. The summed E-state index contributed by atoms with van der Waals surface area (Å²) in [4.78, 5) is 11.6. The maximum absolute atomic E-state index is 11.6. The summed E-state index contributed by atoms with van der Waals surface area (Å²) in [5.74, 6) is 0.737. The van der Waals surface area contributed by atoms with E-state index in [1.54, 1.807) is 0 Å². The van der Waals surface area contributed by atoms with Gasteiger partial charge in [-0.3, -0.25) is 4.79 Å². The highest BCUT2D eigenvalue weighted by Gasteiger charge is 2.22. The van der Waals surface area contributed by atoms with Gasteiger partial charge in [-0.1, -0.05) is 38.1 Å². The first-order chi connectivity index (χ1) is 9.56. The molecule has 3 nitrogen and oxygen atoms in total. The number of carbonyl (C=O) groups excluding carboxylic acids is 1. The average molecular weight is 274 g/mol. The summed E-state index contributed by atoms with van der Waals surface area (Å²) in [7, 11) is 0. The molecule has 1 aromatic carbocycles. The SMILES string of the molecule is CC(C)c1ccc(C(C)NCCC(=O)NC2CC2)cc1. The summed E-state index contributed by atoms with van der Waals surface area (Å²) in [6, 6.07) is 9.48. The van der Waals surface area contributed by atoms with Gasteiger partial charge in [0.25, 0.3) is 0 Å². The Morgan fingerprint density at radius 1 is 1.15 bits per heavy atom. The lowest BCUT2D eigenvalue weighted by molar-refractivity contribution is -0.121. The second-order valence-electron chi connectivity index (χ2n) is 6.09. The van der Waals surface area contributed by atoms with Crippen molar-refractivity contribution in [2.75, 3.05) is 6.54 Å². The molecule has 1 saturated carbocycles. The van der Waals surface area contributed by atoms with Crippen molar-refractivity contribution in [1.82, 2.24) is 10.6 Å². The van der Waals surface area contributed by atoms with Crippen LogP contribution in [-0.4, -0.2) is 18.5 Å². The van der Waals surface area contributed by atoms with Crippen LogP contribution < -0.4 is 10.6 Å². The quantitative estimate of drug-likeness (QED) is 0.802. The number of hydrogen-bond donors (Lipinski definition) is 2. The van der Waals surface area contributed by atoms with Gasteiger partial charge in [0.2, 0.25) is 5.91 Å². The van der Waals surface area contributed by atoms with Crippen molar-refractivity contribution in [3.8, 4) is 0 Å². The van der Waals surface area contributed by atoms with Crippen molar-refractivity contribution in [3.05, 3.63) is 35.4 Å². The third-order valence-electron chi connectivity index (χ3n) is 3.85.